The maximum atomic E-state index is 5.37. The zero-order valence-corrected chi connectivity index (χ0v) is 7.22. The number of nitrogens with zero attached hydrogens (tertiary/aromatic N) is 2. The van der Waals surface area contributed by atoms with Crippen LogP contribution in [-0.4, -0.2) is 15.9 Å². The maximum Gasteiger partial charge on any atom is 0.137 e. The number of hydrogen-bond acceptors (Lipinski definition) is 2. The van der Waals surface area contributed by atoms with Gasteiger partial charge in [0, 0.05) is 12.7 Å². The van der Waals surface area contributed by atoms with Crippen molar-refractivity contribution in [2.24, 2.45) is 5.73 Å². The Morgan fingerprint density at radius 1 is 1.46 bits per heavy atom. The third-order valence-corrected chi connectivity index (χ3v) is 1.87. The first-order chi connectivity index (χ1) is 6.42. The average molecular weight is 173 g/mol. The molecule has 0 aliphatic carbocycles. The van der Waals surface area contributed by atoms with Crippen LogP contribution < -0.4 is 5.73 Å². The summed E-state index contributed by atoms with van der Waals surface area (Å²) in [7, 11) is 0. The molecule has 0 aliphatic heterocycles. The third-order valence-electron chi connectivity index (χ3n) is 1.87. The Kier molecular flexibility index (Phi) is 2.10. The van der Waals surface area contributed by atoms with Crippen molar-refractivity contribution in [3.63, 3.8) is 0 Å². The predicted octanol–water partition coefficient (Wildman–Crippen LogP) is 1.31. The van der Waals surface area contributed by atoms with Crippen LogP contribution in [0.5, 0.6) is 0 Å². The highest BCUT2D eigenvalue weighted by molar-refractivity contribution is 5.52. The summed E-state index contributed by atoms with van der Waals surface area (Å²) in [6.45, 7) is 0.556. The maximum absolute atomic E-state index is 5.37. The van der Waals surface area contributed by atoms with Gasteiger partial charge in [-0.15, -0.1) is 0 Å². The number of hydrogen-bond donors (Lipinski definition) is 1. The van der Waals surface area contributed by atoms with Crippen LogP contribution in [0.2, 0.25) is 0 Å². The standard InChI is InChI=1S/C10H11N3/c11-6-3-4-9-8-12-10-5-1-2-7-13(9)10/h1-5,7-8H,6,11H2/b4-3+. The lowest BCUT2D eigenvalue weighted by Crippen LogP contribution is -1.92. The molecular weight excluding hydrogens is 162 g/mol. The van der Waals surface area contributed by atoms with E-state index in [0.29, 0.717) is 6.54 Å². The van der Waals surface area contributed by atoms with Gasteiger partial charge in [-0.25, -0.2) is 4.98 Å². The average Bonchev–Trinajstić information content (AvgIpc) is 2.58. The molecule has 2 aromatic heterocycles. The minimum absolute atomic E-state index is 0.556. The Balaban J connectivity index is 2.52. The summed E-state index contributed by atoms with van der Waals surface area (Å²) in [5.74, 6) is 0. The highest BCUT2D eigenvalue weighted by Crippen LogP contribution is 2.06. The SMILES string of the molecule is NC/C=C/c1cnc2ccccn12. The first-order valence-electron chi connectivity index (χ1n) is 4.20. The van der Waals surface area contributed by atoms with Crippen molar-refractivity contribution >= 4 is 11.7 Å². The van der Waals surface area contributed by atoms with Crippen LogP contribution in [0.1, 0.15) is 5.69 Å². The molecule has 0 aromatic carbocycles. The topological polar surface area (TPSA) is 43.3 Å². The largest absolute Gasteiger partial charge is 0.327 e. The van der Waals surface area contributed by atoms with Crippen LogP contribution in [-0.2, 0) is 0 Å². The molecular formula is C10H11N3. The van der Waals surface area contributed by atoms with Gasteiger partial charge in [0.05, 0.1) is 11.9 Å². The van der Waals surface area contributed by atoms with E-state index >= 15 is 0 Å². The molecule has 0 spiro atoms. The van der Waals surface area contributed by atoms with E-state index in [2.05, 4.69) is 4.98 Å². The molecule has 66 valence electrons. The number of pyridine rings is 1. The fraction of sp³-hybridized carbons (Fsp3) is 0.100. The second kappa shape index (κ2) is 3.41. The quantitative estimate of drug-likeness (QED) is 0.744. The molecule has 0 atom stereocenters. The van der Waals surface area contributed by atoms with Crippen molar-refractivity contribution in [2.45, 2.75) is 0 Å². The van der Waals surface area contributed by atoms with Crippen LogP contribution in [0.3, 0.4) is 0 Å². The zero-order valence-electron chi connectivity index (χ0n) is 7.22. The van der Waals surface area contributed by atoms with Crippen LogP contribution in [0, 0.1) is 0 Å². The zero-order chi connectivity index (χ0) is 9.10. The Bertz CT molecular complexity index is 428. The minimum atomic E-state index is 0.556. The number of rotatable bonds is 2. The molecule has 2 rings (SSSR count). The molecule has 2 aromatic rings. The smallest absolute Gasteiger partial charge is 0.137 e. The Hall–Kier alpha value is -1.61. The molecule has 0 amide bonds. The molecule has 0 saturated heterocycles. The minimum Gasteiger partial charge on any atom is -0.327 e. The molecule has 0 saturated carbocycles. The van der Waals surface area contributed by atoms with Gasteiger partial charge in [0.2, 0.25) is 0 Å². The van der Waals surface area contributed by atoms with E-state index in [1.165, 1.54) is 0 Å². The highest BCUT2D eigenvalue weighted by Gasteiger charge is 1.96. The lowest BCUT2D eigenvalue weighted by Gasteiger charge is -1.93. The van der Waals surface area contributed by atoms with Gasteiger partial charge >= 0.3 is 0 Å². The summed E-state index contributed by atoms with van der Waals surface area (Å²) in [5.41, 5.74) is 7.39. The van der Waals surface area contributed by atoms with Crippen molar-refractivity contribution in [3.8, 4) is 0 Å². The molecule has 2 heterocycles. The fourth-order valence-corrected chi connectivity index (χ4v) is 1.26. The van der Waals surface area contributed by atoms with Crippen LogP contribution in [0.4, 0.5) is 0 Å². The molecule has 3 nitrogen and oxygen atoms in total. The summed E-state index contributed by atoms with van der Waals surface area (Å²) in [4.78, 5) is 4.24. The van der Waals surface area contributed by atoms with Gasteiger partial charge in [-0.05, 0) is 18.2 Å². The molecule has 0 bridgehead atoms. The summed E-state index contributed by atoms with van der Waals surface area (Å²) in [6, 6.07) is 5.92. The van der Waals surface area contributed by atoms with Crippen molar-refractivity contribution < 1.29 is 0 Å². The summed E-state index contributed by atoms with van der Waals surface area (Å²) >= 11 is 0. The van der Waals surface area contributed by atoms with E-state index in [-0.39, 0.29) is 0 Å². The molecule has 0 radical (unpaired) electrons. The van der Waals surface area contributed by atoms with E-state index in [1.54, 1.807) is 0 Å². The summed E-state index contributed by atoms with van der Waals surface area (Å²) in [5, 5.41) is 0. The normalized spacial score (nSPS) is 11.5. The van der Waals surface area contributed by atoms with Gasteiger partial charge < -0.3 is 10.1 Å². The Morgan fingerprint density at radius 2 is 2.38 bits per heavy atom. The fourth-order valence-electron chi connectivity index (χ4n) is 1.26. The van der Waals surface area contributed by atoms with Gasteiger partial charge in [-0.2, -0.15) is 0 Å². The van der Waals surface area contributed by atoms with Crippen LogP contribution in [0.25, 0.3) is 11.7 Å². The van der Waals surface area contributed by atoms with Crippen molar-refractivity contribution in [2.75, 3.05) is 6.54 Å². The number of nitrogens with two attached hydrogens (primary N) is 1. The van der Waals surface area contributed by atoms with Gasteiger partial charge in [0.1, 0.15) is 5.65 Å². The molecule has 0 fully saturated rings. The molecule has 3 heteroatoms. The monoisotopic (exact) mass is 173 g/mol. The molecule has 2 N–H and O–H groups in total. The molecule has 13 heavy (non-hydrogen) atoms. The third kappa shape index (κ3) is 1.46. The number of fused-ring (bicyclic) bond motifs is 1. The van der Waals surface area contributed by atoms with Gasteiger partial charge in [0.25, 0.3) is 0 Å². The van der Waals surface area contributed by atoms with E-state index in [4.69, 9.17) is 5.73 Å². The Labute approximate surface area is 76.5 Å². The Morgan fingerprint density at radius 3 is 3.23 bits per heavy atom. The van der Waals surface area contributed by atoms with Crippen molar-refractivity contribution in [1.82, 2.24) is 9.38 Å². The van der Waals surface area contributed by atoms with E-state index < -0.39 is 0 Å². The van der Waals surface area contributed by atoms with Crippen molar-refractivity contribution in [3.05, 3.63) is 42.4 Å². The first-order valence-corrected chi connectivity index (χ1v) is 4.20. The second-order valence-corrected chi connectivity index (χ2v) is 2.75. The van der Waals surface area contributed by atoms with Gasteiger partial charge in [0.15, 0.2) is 0 Å². The van der Waals surface area contributed by atoms with Crippen molar-refractivity contribution in [1.29, 1.82) is 0 Å². The summed E-state index contributed by atoms with van der Waals surface area (Å²) < 4.78 is 2.02. The predicted molar refractivity (Wildman–Crippen MR) is 53.3 cm³/mol. The van der Waals surface area contributed by atoms with Crippen LogP contribution in [0.15, 0.2) is 36.7 Å². The second-order valence-electron chi connectivity index (χ2n) is 2.75. The molecule has 0 aliphatic rings. The number of aromatic nitrogens is 2. The molecule has 0 unspecified atom stereocenters. The first kappa shape index (κ1) is 8.01. The lowest BCUT2D eigenvalue weighted by molar-refractivity contribution is 1.16. The van der Waals surface area contributed by atoms with E-state index in [1.807, 2.05) is 47.1 Å². The summed E-state index contributed by atoms with van der Waals surface area (Å²) in [6.07, 6.45) is 7.70. The van der Waals surface area contributed by atoms with E-state index in [9.17, 15) is 0 Å². The van der Waals surface area contributed by atoms with Crippen LogP contribution >= 0.6 is 0 Å². The number of imidazole rings is 1. The van der Waals surface area contributed by atoms with Gasteiger partial charge in [-0.1, -0.05) is 12.1 Å². The van der Waals surface area contributed by atoms with E-state index in [0.717, 1.165) is 11.3 Å². The lowest BCUT2D eigenvalue weighted by atomic mass is 10.4. The van der Waals surface area contributed by atoms with Gasteiger partial charge in [-0.3, -0.25) is 0 Å². The highest BCUT2D eigenvalue weighted by atomic mass is 15.0.